The molecule has 1 aromatic heterocycles. The number of aliphatic carboxylic acids is 1. The van der Waals surface area contributed by atoms with Gasteiger partial charge in [0.1, 0.15) is 11.2 Å². The van der Waals surface area contributed by atoms with Crippen LogP contribution in [-0.4, -0.2) is 30.3 Å². The summed E-state index contributed by atoms with van der Waals surface area (Å²) in [6.07, 6.45) is -2.98. The number of rotatable bonds is 2. The van der Waals surface area contributed by atoms with Crippen molar-refractivity contribution in [1.82, 2.24) is 0 Å². The van der Waals surface area contributed by atoms with E-state index in [9.17, 15) is 22.8 Å². The predicted molar refractivity (Wildman–Crippen MR) is 112 cm³/mol. The summed E-state index contributed by atoms with van der Waals surface area (Å²) in [7, 11) is 0. The fraction of sp³-hybridized carbons (Fsp3) is 0.478. The molecule has 2 aromatic rings. The average molecular weight is 435 g/mol. The number of nitrogens with zero attached hydrogens (tertiary/aromatic N) is 1. The van der Waals surface area contributed by atoms with Crippen LogP contribution in [0.1, 0.15) is 57.2 Å². The largest absolute Gasteiger partial charge is 0.478 e. The molecule has 8 heteroatoms. The van der Waals surface area contributed by atoms with Gasteiger partial charge in [0.05, 0.1) is 5.56 Å². The van der Waals surface area contributed by atoms with Crippen molar-refractivity contribution in [2.75, 3.05) is 18.0 Å². The molecule has 0 spiro atoms. The molecule has 0 fully saturated rings. The molecule has 166 valence electrons. The first-order chi connectivity index (χ1) is 14.2. The van der Waals surface area contributed by atoms with Crippen LogP contribution in [0.2, 0.25) is 0 Å². The number of carboxylic acid groups (broad SMARTS) is 1. The summed E-state index contributed by atoms with van der Waals surface area (Å²) in [6, 6.07) is 3.18. The van der Waals surface area contributed by atoms with Crippen molar-refractivity contribution in [2.45, 2.75) is 57.5 Å². The van der Waals surface area contributed by atoms with Crippen LogP contribution in [0.3, 0.4) is 0 Å². The Balaban J connectivity index is 2.06. The van der Waals surface area contributed by atoms with Crippen molar-refractivity contribution in [3.63, 3.8) is 0 Å². The van der Waals surface area contributed by atoms with Gasteiger partial charge in [0.25, 0.3) is 0 Å². The van der Waals surface area contributed by atoms with Gasteiger partial charge in [0.15, 0.2) is 0 Å². The maximum absolute atomic E-state index is 13.1. The van der Waals surface area contributed by atoms with Crippen molar-refractivity contribution in [1.29, 1.82) is 0 Å². The molecule has 1 N–H and O–H groups in total. The number of hydrogen-bond acceptors (Lipinski definition) is 4. The fourth-order valence-electron chi connectivity index (χ4n) is 4.69. The summed E-state index contributed by atoms with van der Waals surface area (Å²) in [5.41, 5.74) is -0.336. The first kappa shape index (κ1) is 21.5. The van der Waals surface area contributed by atoms with E-state index in [0.29, 0.717) is 17.0 Å². The van der Waals surface area contributed by atoms with Gasteiger partial charge in [-0.2, -0.15) is 13.2 Å². The van der Waals surface area contributed by atoms with E-state index < -0.39 is 28.9 Å². The summed E-state index contributed by atoms with van der Waals surface area (Å²) in [5, 5.41) is 9.46. The predicted octanol–water partition coefficient (Wildman–Crippen LogP) is 4.99. The Morgan fingerprint density at radius 1 is 1.13 bits per heavy atom. The lowest BCUT2D eigenvalue weighted by Gasteiger charge is -2.48. The van der Waals surface area contributed by atoms with Gasteiger partial charge >= 0.3 is 17.8 Å². The van der Waals surface area contributed by atoms with E-state index in [1.807, 2.05) is 6.07 Å². The minimum atomic E-state index is -5.10. The van der Waals surface area contributed by atoms with Crippen LogP contribution in [0.5, 0.6) is 0 Å². The molecule has 1 aromatic carbocycles. The second-order valence-corrected chi connectivity index (χ2v) is 9.67. The summed E-state index contributed by atoms with van der Waals surface area (Å²) in [6.45, 7) is 10.2. The van der Waals surface area contributed by atoms with Crippen molar-refractivity contribution >= 4 is 28.7 Å². The Morgan fingerprint density at radius 3 is 2.32 bits per heavy atom. The zero-order chi connectivity index (χ0) is 22.9. The molecule has 0 radical (unpaired) electrons. The van der Waals surface area contributed by atoms with E-state index in [1.54, 1.807) is 0 Å². The Hall–Kier alpha value is -2.77. The zero-order valence-corrected chi connectivity index (χ0v) is 17.8. The van der Waals surface area contributed by atoms with E-state index in [-0.39, 0.29) is 10.8 Å². The summed E-state index contributed by atoms with van der Waals surface area (Å²) in [4.78, 5) is 26.0. The average Bonchev–Trinajstić information content (AvgIpc) is 2.62. The van der Waals surface area contributed by atoms with Crippen LogP contribution in [0.15, 0.2) is 26.9 Å². The van der Waals surface area contributed by atoms with Gasteiger partial charge in [-0.05, 0) is 47.4 Å². The number of fused-ring (bicyclic) bond motifs is 2. The third kappa shape index (κ3) is 3.42. The molecule has 0 atom stereocenters. The molecule has 0 aliphatic carbocycles. The SMILES string of the molecule is CC1(C)CCN2CCC(C)(C)c3c2c1cc1cc(/C=C(\C(=O)O)C(F)(F)F)c(=O)oc31. The summed E-state index contributed by atoms with van der Waals surface area (Å²) < 4.78 is 44.9. The maximum atomic E-state index is 13.1. The first-order valence-corrected chi connectivity index (χ1v) is 10.2. The van der Waals surface area contributed by atoms with Crippen molar-refractivity contribution in [3.8, 4) is 0 Å². The molecule has 0 bridgehead atoms. The third-order valence-electron chi connectivity index (χ3n) is 6.59. The number of alkyl halides is 3. The lowest BCUT2D eigenvalue weighted by atomic mass is 9.69. The molecule has 31 heavy (non-hydrogen) atoms. The molecule has 4 rings (SSSR count). The van der Waals surface area contributed by atoms with Crippen molar-refractivity contribution in [2.24, 2.45) is 0 Å². The number of anilines is 1. The number of hydrogen-bond donors (Lipinski definition) is 1. The third-order valence-corrected chi connectivity index (χ3v) is 6.59. The van der Waals surface area contributed by atoms with Gasteiger partial charge in [-0.25, -0.2) is 9.59 Å². The van der Waals surface area contributed by atoms with Gasteiger partial charge in [-0.15, -0.1) is 0 Å². The molecular weight excluding hydrogens is 411 g/mol. The lowest BCUT2D eigenvalue weighted by molar-refractivity contribution is -0.144. The molecule has 0 saturated heterocycles. The minimum Gasteiger partial charge on any atom is -0.478 e. The standard InChI is InChI=1S/C23H24F3NO4/c1-21(2)5-7-27-8-6-22(3,4)16-17(27)14(21)10-12-9-13(20(30)31-18(12)16)11-15(19(28)29)23(24,25)26/h9-11H,5-8H2,1-4H3,(H,28,29)/b15-11+. The minimum absolute atomic E-state index is 0.160. The molecule has 2 aliphatic heterocycles. The molecular formula is C23H24F3NO4. The first-order valence-electron chi connectivity index (χ1n) is 10.2. The van der Waals surface area contributed by atoms with Crippen LogP contribution in [0.4, 0.5) is 18.9 Å². The van der Waals surface area contributed by atoms with Crippen LogP contribution in [0.25, 0.3) is 17.0 Å². The van der Waals surface area contributed by atoms with E-state index >= 15 is 0 Å². The normalized spacial score (nSPS) is 20.0. The molecule has 3 heterocycles. The fourth-order valence-corrected chi connectivity index (χ4v) is 4.69. The molecule has 0 amide bonds. The van der Waals surface area contributed by atoms with Gasteiger partial charge < -0.3 is 14.4 Å². The number of halogens is 3. The second kappa shape index (κ2) is 6.61. The molecule has 0 unspecified atom stereocenters. The van der Waals surface area contributed by atoms with E-state index in [0.717, 1.165) is 42.7 Å². The van der Waals surface area contributed by atoms with E-state index in [4.69, 9.17) is 9.52 Å². The Morgan fingerprint density at radius 2 is 1.74 bits per heavy atom. The Kier molecular flexibility index (Phi) is 4.58. The molecule has 0 saturated carbocycles. The highest BCUT2D eigenvalue weighted by Crippen LogP contribution is 2.51. The van der Waals surface area contributed by atoms with E-state index in [1.165, 1.54) is 6.07 Å². The van der Waals surface area contributed by atoms with Crippen molar-refractivity contribution in [3.05, 3.63) is 44.8 Å². The van der Waals surface area contributed by atoms with Gasteiger partial charge in [0, 0.05) is 29.7 Å². The number of carboxylic acids is 1. The Labute approximate surface area is 177 Å². The van der Waals surface area contributed by atoms with Gasteiger partial charge in [0.2, 0.25) is 0 Å². The van der Waals surface area contributed by atoms with Crippen molar-refractivity contribution < 1.29 is 27.5 Å². The van der Waals surface area contributed by atoms with Crippen LogP contribution < -0.4 is 10.5 Å². The quantitative estimate of drug-likeness (QED) is 0.532. The van der Waals surface area contributed by atoms with Crippen LogP contribution in [-0.2, 0) is 15.6 Å². The Bertz CT molecular complexity index is 1190. The second-order valence-electron chi connectivity index (χ2n) is 9.67. The maximum Gasteiger partial charge on any atom is 0.423 e. The number of benzene rings is 1. The summed E-state index contributed by atoms with van der Waals surface area (Å²) >= 11 is 0. The smallest absolute Gasteiger partial charge is 0.423 e. The lowest BCUT2D eigenvalue weighted by Crippen LogP contribution is -2.44. The number of carbonyl (C=O) groups is 1. The topological polar surface area (TPSA) is 70.8 Å². The molecule has 2 aliphatic rings. The zero-order valence-electron chi connectivity index (χ0n) is 17.8. The highest BCUT2D eigenvalue weighted by Gasteiger charge is 2.42. The van der Waals surface area contributed by atoms with Gasteiger partial charge in [-0.1, -0.05) is 27.7 Å². The summed E-state index contributed by atoms with van der Waals surface area (Å²) in [5.74, 6) is -2.15. The van der Waals surface area contributed by atoms with E-state index in [2.05, 4.69) is 32.6 Å². The highest BCUT2D eigenvalue weighted by atomic mass is 19.4. The highest BCUT2D eigenvalue weighted by molar-refractivity contribution is 5.95. The van der Waals surface area contributed by atoms with Crippen LogP contribution in [0, 0.1) is 0 Å². The van der Waals surface area contributed by atoms with Crippen LogP contribution >= 0.6 is 0 Å². The van der Waals surface area contributed by atoms with Gasteiger partial charge in [-0.3, -0.25) is 0 Å². The monoisotopic (exact) mass is 435 g/mol. The molecule has 5 nitrogen and oxygen atoms in total.